The highest BCUT2D eigenvalue weighted by Crippen LogP contribution is 2.27. The molecule has 2 heteroatoms. The molecule has 2 rings (SSSR count). The quantitative estimate of drug-likeness (QED) is 0.733. The van der Waals surface area contributed by atoms with E-state index in [0.717, 1.165) is 12.6 Å². The van der Waals surface area contributed by atoms with Crippen LogP contribution in [0.2, 0.25) is 0 Å². The second kappa shape index (κ2) is 5.13. The Morgan fingerprint density at radius 1 is 0.929 bits per heavy atom. The summed E-state index contributed by atoms with van der Waals surface area (Å²) < 4.78 is 0. The highest BCUT2D eigenvalue weighted by atomic mass is 15.2. The average molecular weight is 196 g/mol. The fourth-order valence-electron chi connectivity index (χ4n) is 3.17. The van der Waals surface area contributed by atoms with Gasteiger partial charge in [-0.2, -0.15) is 0 Å². The van der Waals surface area contributed by atoms with Crippen LogP contribution in [-0.2, 0) is 0 Å². The van der Waals surface area contributed by atoms with E-state index in [4.69, 9.17) is 5.73 Å². The van der Waals surface area contributed by atoms with Crippen LogP contribution in [0.4, 0.5) is 0 Å². The summed E-state index contributed by atoms with van der Waals surface area (Å²) in [5.74, 6) is 0. The molecule has 82 valence electrons. The molecule has 1 heterocycles. The third-order valence-corrected chi connectivity index (χ3v) is 3.99. The Morgan fingerprint density at radius 2 is 1.64 bits per heavy atom. The molecule has 0 aromatic carbocycles. The molecule has 1 saturated carbocycles. The molecular formula is C12H24N2. The van der Waals surface area contributed by atoms with Crippen LogP contribution in [0.15, 0.2) is 0 Å². The van der Waals surface area contributed by atoms with Gasteiger partial charge in [-0.3, -0.25) is 4.90 Å². The zero-order chi connectivity index (χ0) is 9.80. The number of piperidine rings is 1. The van der Waals surface area contributed by atoms with Gasteiger partial charge in [-0.1, -0.05) is 25.7 Å². The minimum Gasteiger partial charge on any atom is -0.329 e. The Kier molecular flexibility index (Phi) is 3.82. The normalized spacial score (nSPS) is 31.9. The molecule has 14 heavy (non-hydrogen) atoms. The van der Waals surface area contributed by atoms with Crippen LogP contribution in [0.3, 0.4) is 0 Å². The number of rotatable bonds is 2. The molecule has 2 fully saturated rings. The van der Waals surface area contributed by atoms with E-state index in [0.29, 0.717) is 6.04 Å². The van der Waals surface area contributed by atoms with Gasteiger partial charge in [0.15, 0.2) is 0 Å². The smallest absolute Gasteiger partial charge is 0.0221 e. The van der Waals surface area contributed by atoms with Gasteiger partial charge in [0.2, 0.25) is 0 Å². The molecule has 1 unspecified atom stereocenters. The molecule has 0 aromatic rings. The minimum atomic E-state index is 0.701. The molecule has 1 aliphatic heterocycles. The molecule has 2 aliphatic rings. The van der Waals surface area contributed by atoms with Crippen LogP contribution in [-0.4, -0.2) is 30.1 Å². The standard InChI is InChI=1S/C12H24N2/c13-10-12-8-4-5-9-14(12)11-6-2-1-3-7-11/h11-12H,1-10,13H2. The van der Waals surface area contributed by atoms with Crippen molar-refractivity contribution in [3.05, 3.63) is 0 Å². The lowest BCUT2D eigenvalue weighted by molar-refractivity contribution is 0.0767. The number of hydrogen-bond donors (Lipinski definition) is 1. The van der Waals surface area contributed by atoms with Crippen LogP contribution in [0.25, 0.3) is 0 Å². The van der Waals surface area contributed by atoms with Crippen molar-refractivity contribution < 1.29 is 0 Å². The number of hydrogen-bond acceptors (Lipinski definition) is 2. The molecule has 0 aromatic heterocycles. The summed E-state index contributed by atoms with van der Waals surface area (Å²) in [4.78, 5) is 2.72. The first-order chi connectivity index (χ1) is 6.92. The highest BCUT2D eigenvalue weighted by molar-refractivity contribution is 4.85. The van der Waals surface area contributed by atoms with Gasteiger partial charge < -0.3 is 5.73 Å². The summed E-state index contributed by atoms with van der Waals surface area (Å²) in [6.45, 7) is 2.18. The van der Waals surface area contributed by atoms with Crippen LogP contribution < -0.4 is 5.73 Å². The third kappa shape index (κ3) is 2.29. The Morgan fingerprint density at radius 3 is 2.36 bits per heavy atom. The highest BCUT2D eigenvalue weighted by Gasteiger charge is 2.28. The first-order valence-electron chi connectivity index (χ1n) is 6.37. The lowest BCUT2D eigenvalue weighted by Gasteiger charge is -2.42. The molecule has 0 radical (unpaired) electrons. The van der Waals surface area contributed by atoms with Gasteiger partial charge in [0, 0.05) is 18.6 Å². The number of nitrogens with zero attached hydrogens (tertiary/aromatic N) is 1. The molecule has 0 amide bonds. The summed E-state index contributed by atoms with van der Waals surface area (Å²) in [7, 11) is 0. The van der Waals surface area contributed by atoms with E-state index >= 15 is 0 Å². The lowest BCUT2D eigenvalue weighted by atomic mass is 9.90. The van der Waals surface area contributed by atoms with Crippen molar-refractivity contribution in [2.45, 2.75) is 63.5 Å². The predicted molar refractivity (Wildman–Crippen MR) is 60.3 cm³/mol. The van der Waals surface area contributed by atoms with Gasteiger partial charge >= 0.3 is 0 Å². The molecule has 1 saturated heterocycles. The zero-order valence-corrected chi connectivity index (χ0v) is 9.25. The van der Waals surface area contributed by atoms with Crippen molar-refractivity contribution in [3.8, 4) is 0 Å². The summed E-state index contributed by atoms with van der Waals surface area (Å²) in [5.41, 5.74) is 5.86. The maximum Gasteiger partial charge on any atom is 0.0221 e. The number of nitrogens with two attached hydrogens (primary N) is 1. The van der Waals surface area contributed by atoms with E-state index in [1.54, 1.807) is 0 Å². The first-order valence-corrected chi connectivity index (χ1v) is 6.37. The molecule has 1 atom stereocenters. The second-order valence-corrected chi connectivity index (χ2v) is 4.91. The Balaban J connectivity index is 1.91. The SMILES string of the molecule is NCC1CCCCN1C1CCCCC1. The van der Waals surface area contributed by atoms with Crippen molar-refractivity contribution in [2.75, 3.05) is 13.1 Å². The molecular weight excluding hydrogens is 172 g/mol. The molecule has 0 spiro atoms. The van der Waals surface area contributed by atoms with Crippen LogP contribution in [0, 0.1) is 0 Å². The molecule has 0 bridgehead atoms. The Hall–Kier alpha value is -0.0800. The second-order valence-electron chi connectivity index (χ2n) is 4.91. The van der Waals surface area contributed by atoms with Crippen molar-refractivity contribution in [3.63, 3.8) is 0 Å². The topological polar surface area (TPSA) is 29.3 Å². The van der Waals surface area contributed by atoms with Gasteiger partial charge in [-0.05, 0) is 32.2 Å². The summed E-state index contributed by atoms with van der Waals surface area (Å²) in [6.07, 6.45) is 11.3. The van der Waals surface area contributed by atoms with Gasteiger partial charge in [-0.25, -0.2) is 0 Å². The third-order valence-electron chi connectivity index (χ3n) is 3.99. The largest absolute Gasteiger partial charge is 0.329 e. The van der Waals surface area contributed by atoms with Gasteiger partial charge in [0.05, 0.1) is 0 Å². The molecule has 2 N–H and O–H groups in total. The van der Waals surface area contributed by atoms with E-state index in [-0.39, 0.29) is 0 Å². The van der Waals surface area contributed by atoms with E-state index in [1.807, 2.05) is 0 Å². The van der Waals surface area contributed by atoms with Crippen molar-refractivity contribution in [2.24, 2.45) is 5.73 Å². The van der Waals surface area contributed by atoms with Gasteiger partial charge in [0.1, 0.15) is 0 Å². The Labute approximate surface area is 87.8 Å². The summed E-state index contributed by atoms with van der Waals surface area (Å²) >= 11 is 0. The van der Waals surface area contributed by atoms with E-state index in [2.05, 4.69) is 4.90 Å². The fraction of sp³-hybridized carbons (Fsp3) is 1.00. The Bertz CT molecular complexity index is 164. The number of likely N-dealkylation sites (tertiary alicyclic amines) is 1. The van der Waals surface area contributed by atoms with Crippen molar-refractivity contribution >= 4 is 0 Å². The average Bonchev–Trinajstić information content (AvgIpc) is 2.30. The monoisotopic (exact) mass is 196 g/mol. The fourth-order valence-corrected chi connectivity index (χ4v) is 3.17. The summed E-state index contributed by atoms with van der Waals surface area (Å²) in [6, 6.07) is 1.57. The van der Waals surface area contributed by atoms with Crippen molar-refractivity contribution in [1.82, 2.24) is 4.90 Å². The van der Waals surface area contributed by atoms with Crippen LogP contribution in [0.1, 0.15) is 51.4 Å². The predicted octanol–water partition coefficient (Wildman–Crippen LogP) is 2.13. The van der Waals surface area contributed by atoms with E-state index in [9.17, 15) is 0 Å². The van der Waals surface area contributed by atoms with Gasteiger partial charge in [-0.15, -0.1) is 0 Å². The maximum atomic E-state index is 5.86. The summed E-state index contributed by atoms with van der Waals surface area (Å²) in [5, 5.41) is 0. The van der Waals surface area contributed by atoms with E-state index in [1.165, 1.54) is 57.9 Å². The van der Waals surface area contributed by atoms with Gasteiger partial charge in [0.25, 0.3) is 0 Å². The van der Waals surface area contributed by atoms with Crippen molar-refractivity contribution in [1.29, 1.82) is 0 Å². The minimum absolute atomic E-state index is 0.701. The van der Waals surface area contributed by atoms with Crippen LogP contribution in [0.5, 0.6) is 0 Å². The molecule has 1 aliphatic carbocycles. The van der Waals surface area contributed by atoms with Crippen LogP contribution >= 0.6 is 0 Å². The zero-order valence-electron chi connectivity index (χ0n) is 9.25. The molecule has 2 nitrogen and oxygen atoms in total. The van der Waals surface area contributed by atoms with E-state index < -0.39 is 0 Å². The lowest BCUT2D eigenvalue weighted by Crippen LogP contribution is -2.50. The maximum absolute atomic E-state index is 5.86. The first kappa shape index (κ1) is 10.4.